The molecule has 0 spiro atoms. The summed E-state index contributed by atoms with van der Waals surface area (Å²) in [6, 6.07) is 1.16. The van der Waals surface area contributed by atoms with Gasteiger partial charge in [-0.25, -0.2) is 19.2 Å². The summed E-state index contributed by atoms with van der Waals surface area (Å²) in [5.74, 6) is -0.795. The molecule has 99 heavy (non-hydrogen) atoms. The van der Waals surface area contributed by atoms with Crippen molar-refractivity contribution in [1.29, 1.82) is 0 Å². The molecule has 0 aromatic heterocycles. The first-order valence-electron chi connectivity index (χ1n) is 35.6. The number of aliphatic carboxylic acids is 1. The smallest absolute Gasteiger partial charge is 0.410 e. The van der Waals surface area contributed by atoms with Crippen LogP contribution in [-0.4, -0.2) is 344 Å². The Morgan fingerprint density at radius 1 is 0.384 bits per heavy atom. The van der Waals surface area contributed by atoms with Crippen LogP contribution in [0.15, 0.2) is 0 Å². The average Bonchev–Trinajstić information content (AvgIpc) is 1.87. The molecule has 5 atom stereocenters. The zero-order chi connectivity index (χ0) is 74.8. The Labute approximate surface area is 601 Å². The molecule has 0 bridgehead atoms. The molecular formula is C69H130BrN13O16. The average molecular weight is 1480 g/mol. The number of hydrogen-bond acceptors (Lipinski definition) is 22. The van der Waals surface area contributed by atoms with Crippen molar-refractivity contribution in [2.24, 2.45) is 0 Å². The number of piperazine rings is 5. The summed E-state index contributed by atoms with van der Waals surface area (Å²) in [4.78, 5) is 123. The summed E-state index contributed by atoms with van der Waals surface area (Å²) in [6.07, 6.45) is 6.30. The summed E-state index contributed by atoms with van der Waals surface area (Å²) in [5.41, 5.74) is -1.85. The van der Waals surface area contributed by atoms with Crippen LogP contribution in [0.3, 0.4) is 0 Å². The number of methoxy groups -OCH3 is 2. The number of carbonyl (C=O) groups is 9. The number of nitrogens with one attached hydrogen (secondary N) is 3. The molecule has 8 rings (SSSR count). The molecule has 8 saturated heterocycles. The molecule has 4 N–H and O–H groups in total. The van der Waals surface area contributed by atoms with Crippen molar-refractivity contribution in [3.8, 4) is 0 Å². The van der Waals surface area contributed by atoms with Crippen LogP contribution in [0.25, 0.3) is 0 Å². The Balaban J connectivity index is 0.000000407. The second-order valence-corrected chi connectivity index (χ2v) is 30.9. The standard InChI is InChI=1S/C16H29N3O3.C13H24N2O4.C12H22N2O4.C11H21N3O.C10H20N2O2.C4H9N.C3H5BrO2/c1-13-11-19(15(21)22-16(2,3)4)10-9-18(13)12-14(20)17-7-5-6-8-17;1-10-8-15(12(17)19-13(2,3)4)7-6-14(10)9-11(16)18-5;1-9-7-14(11(17)18-12(2,3)4)6-5-13(9)8-10(15)16;1-10-8-12-4-7-14(10)9-11(15)13-5-2-3-6-13;1-8-7-12(6-5-11-8)9(13)14-10(2,3)4;1-2-4-5-3-1;1-6-3(5)2-4/h13H,5-12H2,1-4H3;10H,6-9H2,1-5H3;9H,5-8H2,1-4H3,(H,15,16);10,12H,2-9H2,1H3;8,11H,5-7H2,1-4H3;5H,1-4H2;2H2,1H3. The maximum absolute atomic E-state index is 12.2. The SMILES string of the molecule is C1CCNC1.CC1CN(C(=O)OC(C)(C)C)CCN1.CC1CN(C(=O)OC(C)(C)C)CCN1CC(=O)N1CCCC1.CC1CN(C(=O)OC(C)(C)C)CCN1CC(=O)O.CC1CNCCN1CC(=O)N1CCCC1.COC(=O)CBr.COC(=O)CN1CCN(C(=O)OC(C)(C)C)CC1C. The van der Waals surface area contributed by atoms with Gasteiger partial charge in [-0.2, -0.15) is 0 Å². The van der Waals surface area contributed by atoms with E-state index in [1.165, 1.54) is 53.0 Å². The molecule has 8 aliphatic heterocycles. The molecule has 0 aromatic rings. The lowest BCUT2D eigenvalue weighted by atomic mass is 10.2. The highest BCUT2D eigenvalue weighted by Crippen LogP contribution is 2.20. The Morgan fingerprint density at radius 2 is 0.727 bits per heavy atom. The summed E-state index contributed by atoms with van der Waals surface area (Å²) >= 11 is 2.90. The zero-order valence-corrected chi connectivity index (χ0v) is 65.5. The van der Waals surface area contributed by atoms with Crippen LogP contribution in [0, 0.1) is 0 Å². The number of halogens is 1. The molecule has 30 heteroatoms. The minimum atomic E-state index is -0.840. The number of rotatable bonds is 9. The summed E-state index contributed by atoms with van der Waals surface area (Å²) in [7, 11) is 2.73. The normalized spacial score (nSPS) is 22.6. The van der Waals surface area contributed by atoms with E-state index in [2.05, 4.69) is 71.9 Å². The second-order valence-electron chi connectivity index (χ2n) is 30.4. The second kappa shape index (κ2) is 44.9. The van der Waals surface area contributed by atoms with Crippen molar-refractivity contribution in [3.63, 3.8) is 0 Å². The van der Waals surface area contributed by atoms with Crippen LogP contribution < -0.4 is 16.0 Å². The summed E-state index contributed by atoms with van der Waals surface area (Å²) in [6.45, 7) is 50.7. The fourth-order valence-corrected chi connectivity index (χ4v) is 11.5. The molecule has 574 valence electrons. The highest BCUT2D eigenvalue weighted by molar-refractivity contribution is 9.09. The third kappa shape index (κ3) is 39.0. The largest absolute Gasteiger partial charge is 0.480 e. The molecule has 8 fully saturated rings. The van der Waals surface area contributed by atoms with Crippen LogP contribution in [0.1, 0.15) is 156 Å². The number of hydrogen-bond donors (Lipinski definition) is 4. The number of ether oxygens (including phenoxy) is 6. The maximum Gasteiger partial charge on any atom is 0.410 e. The van der Waals surface area contributed by atoms with Crippen LogP contribution in [0.2, 0.25) is 0 Å². The Morgan fingerprint density at radius 3 is 1.01 bits per heavy atom. The van der Waals surface area contributed by atoms with Crippen LogP contribution >= 0.6 is 15.9 Å². The Hall–Kier alpha value is -5.37. The van der Waals surface area contributed by atoms with Crippen LogP contribution in [0.4, 0.5) is 19.2 Å². The lowest BCUT2D eigenvalue weighted by molar-refractivity contribution is -0.143. The van der Waals surface area contributed by atoms with Gasteiger partial charge in [0.2, 0.25) is 11.8 Å². The first-order chi connectivity index (χ1) is 46.1. The van der Waals surface area contributed by atoms with Gasteiger partial charge in [0, 0.05) is 155 Å². The van der Waals surface area contributed by atoms with E-state index in [1.807, 2.05) is 117 Å². The summed E-state index contributed by atoms with van der Waals surface area (Å²) in [5, 5.41) is 18.9. The topological polar surface area (TPSA) is 298 Å². The maximum atomic E-state index is 12.2. The fourth-order valence-electron chi connectivity index (χ4n) is 11.3. The van der Waals surface area contributed by atoms with Gasteiger partial charge in [0.25, 0.3) is 0 Å². The number of nitrogens with zero attached hydrogens (tertiary/aromatic N) is 10. The van der Waals surface area contributed by atoms with Gasteiger partial charge in [-0.3, -0.25) is 43.6 Å². The molecular weight excluding hydrogens is 1350 g/mol. The molecule has 29 nitrogen and oxygen atoms in total. The molecule has 8 aliphatic rings. The van der Waals surface area contributed by atoms with Crippen LogP contribution in [-0.2, 0) is 52.4 Å². The third-order valence-electron chi connectivity index (χ3n) is 16.7. The summed E-state index contributed by atoms with van der Waals surface area (Å²) < 4.78 is 30.2. The fraction of sp³-hybridized carbons (Fsp3) is 0.870. The molecule has 0 saturated carbocycles. The number of esters is 2. The van der Waals surface area contributed by atoms with Gasteiger partial charge in [0.15, 0.2) is 0 Å². The van der Waals surface area contributed by atoms with Gasteiger partial charge in [0.1, 0.15) is 27.7 Å². The van der Waals surface area contributed by atoms with E-state index in [-0.39, 0.29) is 78.8 Å². The van der Waals surface area contributed by atoms with E-state index in [0.29, 0.717) is 83.4 Å². The third-order valence-corrected chi connectivity index (χ3v) is 17.2. The Bertz CT molecular complexity index is 2430. The number of amides is 6. The molecule has 0 radical (unpaired) electrons. The molecule has 8 heterocycles. The predicted molar refractivity (Wildman–Crippen MR) is 385 cm³/mol. The van der Waals surface area contributed by atoms with E-state index < -0.39 is 28.4 Å². The highest BCUT2D eigenvalue weighted by atomic mass is 79.9. The minimum Gasteiger partial charge on any atom is -0.480 e. The van der Waals surface area contributed by atoms with E-state index in [0.717, 1.165) is 84.8 Å². The van der Waals surface area contributed by atoms with Gasteiger partial charge < -0.3 is 78.9 Å². The van der Waals surface area contributed by atoms with E-state index in [4.69, 9.17) is 24.1 Å². The number of carbonyl (C=O) groups excluding carboxylic acids is 8. The molecule has 6 amide bonds. The quantitative estimate of drug-likeness (QED) is 0.122. The van der Waals surface area contributed by atoms with Crippen LogP contribution in [0.5, 0.6) is 0 Å². The zero-order valence-electron chi connectivity index (χ0n) is 63.9. The first-order valence-corrected chi connectivity index (χ1v) is 36.8. The number of carboxylic acids is 1. The van der Waals surface area contributed by atoms with Crippen molar-refractivity contribution in [3.05, 3.63) is 0 Å². The van der Waals surface area contributed by atoms with E-state index >= 15 is 0 Å². The molecule has 0 aromatic carbocycles. The minimum absolute atomic E-state index is 0.0172. The lowest BCUT2D eigenvalue weighted by Crippen LogP contribution is -2.56. The monoisotopic (exact) mass is 1480 g/mol. The number of likely N-dealkylation sites (tertiary alicyclic amines) is 2. The van der Waals surface area contributed by atoms with Crippen molar-refractivity contribution < 1.29 is 76.7 Å². The van der Waals surface area contributed by atoms with Crippen molar-refractivity contribution >= 4 is 70.0 Å². The van der Waals surface area contributed by atoms with Gasteiger partial charge in [-0.1, -0.05) is 15.9 Å². The van der Waals surface area contributed by atoms with E-state index in [9.17, 15) is 43.2 Å². The first kappa shape index (κ1) is 89.7. The Kier molecular flexibility index (Phi) is 40.7. The lowest BCUT2D eigenvalue weighted by Gasteiger charge is -2.40. The highest BCUT2D eigenvalue weighted by Gasteiger charge is 2.35. The van der Waals surface area contributed by atoms with Gasteiger partial charge >= 0.3 is 42.3 Å². The predicted octanol–water partition coefficient (Wildman–Crippen LogP) is 5.70. The van der Waals surface area contributed by atoms with Crippen molar-refractivity contribution in [1.82, 2.24) is 64.9 Å². The number of alkyl halides is 1. The van der Waals surface area contributed by atoms with Crippen molar-refractivity contribution in [2.45, 2.75) is 209 Å². The van der Waals surface area contributed by atoms with Gasteiger partial charge in [-0.05, 0) is 169 Å². The van der Waals surface area contributed by atoms with Gasteiger partial charge in [0.05, 0.1) is 40.4 Å². The number of carboxylic acid groups (broad SMARTS) is 1. The molecule has 0 aliphatic carbocycles. The van der Waals surface area contributed by atoms with Crippen molar-refractivity contribution in [2.75, 3.05) is 183 Å². The molecule has 5 unspecified atom stereocenters. The van der Waals surface area contributed by atoms with Gasteiger partial charge in [-0.15, -0.1) is 0 Å². The van der Waals surface area contributed by atoms with E-state index in [1.54, 1.807) is 19.6 Å².